The second kappa shape index (κ2) is 6.52. The van der Waals surface area contributed by atoms with Crippen molar-refractivity contribution in [1.29, 1.82) is 0 Å². The van der Waals surface area contributed by atoms with Gasteiger partial charge in [0.25, 0.3) is 0 Å². The number of aliphatic hydroxyl groups is 1. The topological polar surface area (TPSA) is 85.7 Å². The van der Waals surface area contributed by atoms with Crippen molar-refractivity contribution in [3.63, 3.8) is 0 Å². The number of rotatable bonds is 4. The summed E-state index contributed by atoms with van der Waals surface area (Å²) in [6.45, 7) is 4.79. The van der Waals surface area contributed by atoms with Crippen LogP contribution in [0.3, 0.4) is 0 Å². The summed E-state index contributed by atoms with van der Waals surface area (Å²) in [5, 5.41) is 23.7. The van der Waals surface area contributed by atoms with Crippen molar-refractivity contribution in [1.82, 2.24) is 10.3 Å². The summed E-state index contributed by atoms with van der Waals surface area (Å²) >= 11 is 0. The maximum atomic E-state index is 11.8. The number of carbonyl (C=O) groups is 1. The van der Waals surface area contributed by atoms with Crippen molar-refractivity contribution >= 4 is 22.6 Å². The number of hydrogen-bond acceptors (Lipinski definition) is 5. The van der Waals surface area contributed by atoms with Gasteiger partial charge in [-0.05, 0) is 18.6 Å². The Morgan fingerprint density at radius 2 is 2.04 bits per heavy atom. The number of anilines is 1. The molecule has 2 aromatic rings. The standard InChI is InChI=1S/C17H21N3O3/c1-11(21)10-13-12-4-2-3-5-14(12)19-15(17(22)23)16(13)20-8-6-18-7-9-20/h2-5,11,18,21H,6-10H2,1H3,(H,22,23). The number of carboxylic acid groups (broad SMARTS) is 1. The molecule has 1 fully saturated rings. The SMILES string of the molecule is CC(O)Cc1c(N2CCNCC2)c(C(=O)O)nc2ccccc12. The van der Waals surface area contributed by atoms with Gasteiger partial charge in [-0.1, -0.05) is 18.2 Å². The minimum atomic E-state index is -1.03. The molecule has 1 aliphatic rings. The van der Waals surface area contributed by atoms with E-state index in [0.717, 1.165) is 37.1 Å². The van der Waals surface area contributed by atoms with Crippen LogP contribution in [0.5, 0.6) is 0 Å². The van der Waals surface area contributed by atoms with Gasteiger partial charge in [-0.25, -0.2) is 9.78 Å². The number of aromatic nitrogens is 1. The quantitative estimate of drug-likeness (QED) is 0.788. The van der Waals surface area contributed by atoms with Gasteiger partial charge in [-0.15, -0.1) is 0 Å². The molecular formula is C17H21N3O3. The highest BCUT2D eigenvalue weighted by Crippen LogP contribution is 2.32. The Hall–Kier alpha value is -2.18. The lowest BCUT2D eigenvalue weighted by Gasteiger charge is -2.32. The molecule has 0 bridgehead atoms. The smallest absolute Gasteiger partial charge is 0.356 e. The average molecular weight is 315 g/mol. The first kappa shape index (κ1) is 15.7. The first-order chi connectivity index (χ1) is 11.1. The van der Waals surface area contributed by atoms with Crippen molar-refractivity contribution in [3.8, 4) is 0 Å². The number of para-hydroxylation sites is 1. The molecule has 0 saturated carbocycles. The number of aliphatic hydroxyl groups excluding tert-OH is 1. The number of fused-ring (bicyclic) bond motifs is 1. The van der Waals surface area contributed by atoms with Crippen LogP contribution in [0.25, 0.3) is 10.9 Å². The Labute approximate surface area is 134 Å². The Kier molecular flexibility index (Phi) is 4.45. The molecule has 1 saturated heterocycles. The maximum absolute atomic E-state index is 11.8. The fourth-order valence-electron chi connectivity index (χ4n) is 3.15. The number of nitrogens with one attached hydrogen (secondary N) is 1. The number of piperazine rings is 1. The number of carboxylic acids is 1. The lowest BCUT2D eigenvalue weighted by Crippen LogP contribution is -2.44. The third-order valence-corrected chi connectivity index (χ3v) is 4.11. The molecule has 1 aromatic carbocycles. The van der Waals surface area contributed by atoms with Gasteiger partial charge >= 0.3 is 5.97 Å². The van der Waals surface area contributed by atoms with Crippen molar-refractivity contribution in [2.75, 3.05) is 31.1 Å². The third kappa shape index (κ3) is 3.13. The predicted octanol–water partition coefficient (Wildman–Crippen LogP) is 1.27. The van der Waals surface area contributed by atoms with E-state index in [4.69, 9.17) is 0 Å². The molecule has 0 radical (unpaired) electrons. The number of pyridine rings is 1. The zero-order chi connectivity index (χ0) is 16.4. The van der Waals surface area contributed by atoms with Gasteiger partial charge < -0.3 is 20.4 Å². The molecule has 1 atom stereocenters. The largest absolute Gasteiger partial charge is 0.476 e. The van der Waals surface area contributed by atoms with E-state index in [1.807, 2.05) is 24.3 Å². The van der Waals surface area contributed by atoms with E-state index in [9.17, 15) is 15.0 Å². The van der Waals surface area contributed by atoms with Crippen LogP contribution in [-0.4, -0.2) is 53.4 Å². The van der Waals surface area contributed by atoms with Crippen LogP contribution < -0.4 is 10.2 Å². The molecule has 122 valence electrons. The van der Waals surface area contributed by atoms with Crippen LogP contribution in [0.4, 0.5) is 5.69 Å². The van der Waals surface area contributed by atoms with E-state index in [1.165, 1.54) is 0 Å². The van der Waals surface area contributed by atoms with Gasteiger partial charge in [0.05, 0.1) is 17.3 Å². The first-order valence-electron chi connectivity index (χ1n) is 7.86. The van der Waals surface area contributed by atoms with Crippen molar-refractivity contribution in [2.45, 2.75) is 19.4 Å². The second-order valence-corrected chi connectivity index (χ2v) is 5.90. The summed E-state index contributed by atoms with van der Waals surface area (Å²) in [5.74, 6) is -1.03. The molecule has 3 rings (SSSR count). The van der Waals surface area contributed by atoms with Crippen molar-refractivity contribution in [3.05, 3.63) is 35.5 Å². The van der Waals surface area contributed by atoms with Gasteiger partial charge in [0, 0.05) is 38.0 Å². The van der Waals surface area contributed by atoms with Crippen LogP contribution in [-0.2, 0) is 6.42 Å². The number of aromatic carboxylic acids is 1. The van der Waals surface area contributed by atoms with Crippen molar-refractivity contribution in [2.24, 2.45) is 0 Å². The second-order valence-electron chi connectivity index (χ2n) is 5.90. The molecule has 1 aliphatic heterocycles. The fourth-order valence-corrected chi connectivity index (χ4v) is 3.15. The van der Waals surface area contributed by atoms with Crippen molar-refractivity contribution < 1.29 is 15.0 Å². The van der Waals surface area contributed by atoms with E-state index >= 15 is 0 Å². The minimum Gasteiger partial charge on any atom is -0.476 e. The third-order valence-electron chi connectivity index (χ3n) is 4.11. The number of benzene rings is 1. The fraction of sp³-hybridized carbons (Fsp3) is 0.412. The first-order valence-corrected chi connectivity index (χ1v) is 7.86. The summed E-state index contributed by atoms with van der Waals surface area (Å²) in [7, 11) is 0. The summed E-state index contributed by atoms with van der Waals surface area (Å²) in [6, 6.07) is 7.52. The lowest BCUT2D eigenvalue weighted by atomic mass is 9.98. The molecule has 2 heterocycles. The molecule has 23 heavy (non-hydrogen) atoms. The number of hydrogen-bond donors (Lipinski definition) is 3. The minimum absolute atomic E-state index is 0.0706. The summed E-state index contributed by atoms with van der Waals surface area (Å²) < 4.78 is 0. The Morgan fingerprint density at radius 1 is 1.35 bits per heavy atom. The van der Waals surface area contributed by atoms with E-state index in [-0.39, 0.29) is 5.69 Å². The highest BCUT2D eigenvalue weighted by Gasteiger charge is 2.25. The molecular weight excluding hydrogens is 294 g/mol. The van der Waals surface area contributed by atoms with E-state index in [2.05, 4.69) is 15.2 Å². The van der Waals surface area contributed by atoms with E-state index in [0.29, 0.717) is 17.6 Å². The van der Waals surface area contributed by atoms with Crippen LogP contribution in [0.2, 0.25) is 0 Å². The summed E-state index contributed by atoms with van der Waals surface area (Å²) in [5.41, 5.74) is 2.24. The zero-order valence-corrected chi connectivity index (χ0v) is 13.1. The van der Waals surface area contributed by atoms with Crippen LogP contribution in [0.15, 0.2) is 24.3 Å². The molecule has 1 unspecified atom stereocenters. The highest BCUT2D eigenvalue weighted by molar-refractivity contribution is 5.99. The van der Waals surface area contributed by atoms with Gasteiger partial charge in [-0.2, -0.15) is 0 Å². The number of nitrogens with zero attached hydrogens (tertiary/aromatic N) is 2. The Bertz CT molecular complexity index is 724. The summed E-state index contributed by atoms with van der Waals surface area (Å²) in [6.07, 6.45) is -0.146. The normalized spacial score (nSPS) is 16.5. The van der Waals surface area contributed by atoms with Gasteiger partial charge in [0.15, 0.2) is 5.69 Å². The van der Waals surface area contributed by atoms with Crippen LogP contribution >= 0.6 is 0 Å². The van der Waals surface area contributed by atoms with Crippen LogP contribution in [0, 0.1) is 0 Å². The molecule has 6 heteroatoms. The Balaban J connectivity index is 2.27. The highest BCUT2D eigenvalue weighted by atomic mass is 16.4. The van der Waals surface area contributed by atoms with E-state index in [1.54, 1.807) is 6.92 Å². The average Bonchev–Trinajstić information content (AvgIpc) is 2.54. The summed E-state index contributed by atoms with van der Waals surface area (Å²) in [4.78, 5) is 18.2. The zero-order valence-electron chi connectivity index (χ0n) is 13.1. The van der Waals surface area contributed by atoms with E-state index < -0.39 is 12.1 Å². The Morgan fingerprint density at radius 3 is 2.70 bits per heavy atom. The monoisotopic (exact) mass is 315 g/mol. The lowest BCUT2D eigenvalue weighted by molar-refractivity contribution is 0.0691. The predicted molar refractivity (Wildman–Crippen MR) is 89.2 cm³/mol. The van der Waals surface area contributed by atoms with Gasteiger partial charge in [-0.3, -0.25) is 0 Å². The maximum Gasteiger partial charge on any atom is 0.356 e. The van der Waals surface area contributed by atoms with Crippen LogP contribution in [0.1, 0.15) is 23.0 Å². The molecule has 0 spiro atoms. The van der Waals surface area contributed by atoms with Gasteiger partial charge in [0.1, 0.15) is 0 Å². The van der Waals surface area contributed by atoms with Gasteiger partial charge in [0.2, 0.25) is 0 Å². The molecule has 0 amide bonds. The molecule has 0 aliphatic carbocycles. The molecule has 3 N–H and O–H groups in total. The molecule has 1 aromatic heterocycles. The molecule has 6 nitrogen and oxygen atoms in total.